The second kappa shape index (κ2) is 11.2. The van der Waals surface area contributed by atoms with Gasteiger partial charge in [0.1, 0.15) is 11.2 Å². The second-order valence-corrected chi connectivity index (χ2v) is 13.6. The van der Waals surface area contributed by atoms with E-state index in [-0.39, 0.29) is 0 Å². The molecule has 2 nitrogen and oxygen atoms in total. The predicted octanol–water partition coefficient (Wildman–Crippen LogP) is 13.9. The molecule has 230 valence electrons. The molecule has 2 aromatic heterocycles. The van der Waals surface area contributed by atoms with E-state index in [2.05, 4.69) is 169 Å². The van der Waals surface area contributed by atoms with Crippen LogP contribution in [0.4, 0.5) is 17.1 Å². The Morgan fingerprint density at radius 2 is 1.06 bits per heavy atom. The first kappa shape index (κ1) is 27.9. The van der Waals surface area contributed by atoms with Crippen molar-refractivity contribution in [3.8, 4) is 22.3 Å². The number of thiophene rings is 1. The van der Waals surface area contributed by atoms with Crippen LogP contribution in [-0.4, -0.2) is 0 Å². The van der Waals surface area contributed by atoms with Crippen molar-refractivity contribution >= 4 is 81.3 Å². The number of para-hydroxylation sites is 1. The Hall–Kier alpha value is -6.16. The van der Waals surface area contributed by atoms with Crippen molar-refractivity contribution in [2.45, 2.75) is 0 Å². The Kier molecular flexibility index (Phi) is 6.39. The molecule has 8 aromatic carbocycles. The summed E-state index contributed by atoms with van der Waals surface area (Å²) in [5.41, 5.74) is 9.89. The van der Waals surface area contributed by atoms with Gasteiger partial charge >= 0.3 is 0 Å². The molecule has 0 aliphatic rings. The number of fused-ring (bicyclic) bond motifs is 7. The second-order valence-electron chi connectivity index (χ2n) is 12.5. The monoisotopic (exact) mass is 643 g/mol. The number of hydrogen-bond acceptors (Lipinski definition) is 3. The van der Waals surface area contributed by atoms with E-state index in [0.29, 0.717) is 0 Å². The number of furan rings is 1. The largest absolute Gasteiger partial charge is 0.456 e. The molecule has 0 amide bonds. The van der Waals surface area contributed by atoms with E-state index in [1.165, 1.54) is 53.2 Å². The predicted molar refractivity (Wildman–Crippen MR) is 210 cm³/mol. The Labute approximate surface area is 287 Å². The van der Waals surface area contributed by atoms with E-state index < -0.39 is 0 Å². The van der Waals surface area contributed by atoms with Gasteiger partial charge in [-0.15, -0.1) is 11.3 Å². The van der Waals surface area contributed by atoms with Crippen molar-refractivity contribution in [3.63, 3.8) is 0 Å². The summed E-state index contributed by atoms with van der Waals surface area (Å²) in [6.45, 7) is 0. The first-order valence-electron chi connectivity index (χ1n) is 16.6. The Morgan fingerprint density at radius 3 is 1.90 bits per heavy atom. The number of anilines is 3. The van der Waals surface area contributed by atoms with Gasteiger partial charge in [0.05, 0.1) is 11.1 Å². The van der Waals surface area contributed by atoms with Crippen molar-refractivity contribution in [1.29, 1.82) is 0 Å². The van der Waals surface area contributed by atoms with Gasteiger partial charge < -0.3 is 9.32 Å². The standard InChI is InChI=1S/C46H29NOS/c1-2-10-33-29-34(20-19-30(33)9-1)31-21-25-35(26-22-31)47(41-15-8-17-43-45(41)40-12-3-5-16-42(40)48-43)36-27-23-32(24-28-36)37-13-7-14-39-38-11-4-6-18-44(38)49-46(37)39/h1-29H. The lowest BCUT2D eigenvalue weighted by atomic mass is 10.00. The van der Waals surface area contributed by atoms with Crippen molar-refractivity contribution in [2.24, 2.45) is 0 Å². The molecule has 2 heterocycles. The molecule has 49 heavy (non-hydrogen) atoms. The molecule has 0 saturated carbocycles. The molecule has 0 atom stereocenters. The first-order chi connectivity index (χ1) is 24.3. The molecule has 3 heteroatoms. The highest BCUT2D eigenvalue weighted by Crippen LogP contribution is 2.45. The number of rotatable bonds is 5. The third-order valence-electron chi connectivity index (χ3n) is 9.67. The first-order valence-corrected chi connectivity index (χ1v) is 17.4. The van der Waals surface area contributed by atoms with Crippen LogP contribution in [0.1, 0.15) is 0 Å². The maximum absolute atomic E-state index is 6.34. The van der Waals surface area contributed by atoms with Crippen LogP contribution in [0, 0.1) is 0 Å². The zero-order valence-electron chi connectivity index (χ0n) is 26.5. The molecular formula is C46H29NOS. The van der Waals surface area contributed by atoms with Gasteiger partial charge in [-0.1, -0.05) is 121 Å². The van der Waals surface area contributed by atoms with E-state index in [4.69, 9.17) is 4.42 Å². The summed E-state index contributed by atoms with van der Waals surface area (Å²) in [7, 11) is 0. The maximum Gasteiger partial charge on any atom is 0.137 e. The third kappa shape index (κ3) is 4.62. The average Bonchev–Trinajstić information content (AvgIpc) is 3.74. The van der Waals surface area contributed by atoms with Gasteiger partial charge in [0, 0.05) is 36.9 Å². The summed E-state index contributed by atoms with van der Waals surface area (Å²) in [5.74, 6) is 0. The fraction of sp³-hybridized carbons (Fsp3) is 0. The van der Waals surface area contributed by atoms with Crippen LogP contribution >= 0.6 is 11.3 Å². The molecule has 10 aromatic rings. The lowest BCUT2D eigenvalue weighted by Crippen LogP contribution is -2.10. The summed E-state index contributed by atoms with van der Waals surface area (Å²) in [5, 5.41) is 7.35. The molecule has 0 bridgehead atoms. The average molecular weight is 644 g/mol. The minimum Gasteiger partial charge on any atom is -0.456 e. The van der Waals surface area contributed by atoms with Crippen LogP contribution in [0.25, 0.3) is 75.1 Å². The van der Waals surface area contributed by atoms with Gasteiger partial charge in [-0.25, -0.2) is 0 Å². The SMILES string of the molecule is c1ccc2cc(-c3ccc(N(c4ccc(-c5cccc6c5sc5ccccc56)cc4)c4cccc5oc6ccccc6c45)cc3)ccc2c1. The van der Waals surface area contributed by atoms with E-state index in [0.717, 1.165) is 39.0 Å². The quantitative estimate of drug-likeness (QED) is 0.186. The molecule has 0 radical (unpaired) electrons. The van der Waals surface area contributed by atoms with E-state index in [1.807, 2.05) is 23.5 Å². The molecular weight excluding hydrogens is 615 g/mol. The molecule has 0 spiro atoms. The molecule has 0 saturated heterocycles. The van der Waals surface area contributed by atoms with Crippen molar-refractivity contribution in [1.82, 2.24) is 0 Å². The maximum atomic E-state index is 6.34. The number of nitrogens with zero attached hydrogens (tertiary/aromatic N) is 1. The normalized spacial score (nSPS) is 11.7. The Balaban J connectivity index is 1.12. The highest BCUT2D eigenvalue weighted by Gasteiger charge is 2.20. The van der Waals surface area contributed by atoms with E-state index >= 15 is 0 Å². The fourth-order valence-corrected chi connectivity index (χ4v) is 8.54. The fourth-order valence-electron chi connectivity index (χ4n) is 7.31. The Morgan fingerprint density at radius 1 is 0.429 bits per heavy atom. The van der Waals surface area contributed by atoms with Crippen LogP contribution in [-0.2, 0) is 0 Å². The molecule has 0 fully saturated rings. The smallest absolute Gasteiger partial charge is 0.137 e. The van der Waals surface area contributed by atoms with Gasteiger partial charge in [-0.2, -0.15) is 0 Å². The zero-order valence-corrected chi connectivity index (χ0v) is 27.3. The van der Waals surface area contributed by atoms with Gasteiger partial charge in [0.2, 0.25) is 0 Å². The lowest BCUT2D eigenvalue weighted by Gasteiger charge is -2.26. The Bertz CT molecular complexity index is 2820. The van der Waals surface area contributed by atoms with Gasteiger partial charge in [0.15, 0.2) is 0 Å². The van der Waals surface area contributed by atoms with Gasteiger partial charge in [0.25, 0.3) is 0 Å². The molecule has 0 aliphatic carbocycles. The van der Waals surface area contributed by atoms with E-state index in [1.54, 1.807) is 0 Å². The summed E-state index contributed by atoms with van der Waals surface area (Å²) in [6.07, 6.45) is 0. The van der Waals surface area contributed by atoms with Crippen LogP contribution in [0.15, 0.2) is 180 Å². The summed E-state index contributed by atoms with van der Waals surface area (Å²) in [4.78, 5) is 2.36. The molecule has 10 rings (SSSR count). The minimum atomic E-state index is 0.879. The minimum absolute atomic E-state index is 0.879. The summed E-state index contributed by atoms with van der Waals surface area (Å²) >= 11 is 1.87. The highest BCUT2D eigenvalue weighted by atomic mass is 32.1. The van der Waals surface area contributed by atoms with E-state index in [9.17, 15) is 0 Å². The number of hydrogen-bond donors (Lipinski definition) is 0. The van der Waals surface area contributed by atoms with Crippen molar-refractivity contribution in [3.05, 3.63) is 176 Å². The van der Waals surface area contributed by atoms with Crippen LogP contribution in [0.3, 0.4) is 0 Å². The van der Waals surface area contributed by atoms with Crippen LogP contribution in [0.2, 0.25) is 0 Å². The third-order valence-corrected chi connectivity index (χ3v) is 10.9. The molecule has 0 unspecified atom stereocenters. The lowest BCUT2D eigenvalue weighted by molar-refractivity contribution is 0.669. The summed E-state index contributed by atoms with van der Waals surface area (Å²) < 4.78 is 8.99. The van der Waals surface area contributed by atoms with Gasteiger partial charge in [-0.3, -0.25) is 0 Å². The molecule has 0 aliphatic heterocycles. The van der Waals surface area contributed by atoms with Crippen LogP contribution < -0.4 is 4.90 Å². The zero-order chi connectivity index (χ0) is 32.3. The highest BCUT2D eigenvalue weighted by molar-refractivity contribution is 7.26. The van der Waals surface area contributed by atoms with Crippen molar-refractivity contribution < 1.29 is 4.42 Å². The van der Waals surface area contributed by atoms with Crippen molar-refractivity contribution in [2.75, 3.05) is 4.90 Å². The van der Waals surface area contributed by atoms with Gasteiger partial charge in [-0.05, 0) is 87.6 Å². The molecule has 0 N–H and O–H groups in total. The van der Waals surface area contributed by atoms with Crippen LogP contribution in [0.5, 0.6) is 0 Å². The number of benzene rings is 8. The topological polar surface area (TPSA) is 16.4 Å². The summed E-state index contributed by atoms with van der Waals surface area (Å²) in [6, 6.07) is 63.2.